The van der Waals surface area contributed by atoms with Gasteiger partial charge >= 0.3 is 6.18 Å². The Balaban J connectivity index is 1.50. The van der Waals surface area contributed by atoms with Crippen LogP contribution >= 0.6 is 0 Å². The second-order valence-corrected chi connectivity index (χ2v) is 8.54. The van der Waals surface area contributed by atoms with Crippen molar-refractivity contribution in [2.75, 3.05) is 13.2 Å². The summed E-state index contributed by atoms with van der Waals surface area (Å²) in [4.78, 5) is 5.93. The maximum absolute atomic E-state index is 13.7. The molecule has 7 nitrogen and oxygen atoms in total. The smallest absolute Gasteiger partial charge is 0.419 e. The Kier molecular flexibility index (Phi) is 6.57. The number of hydrogen-bond donors (Lipinski definition) is 2. The van der Waals surface area contributed by atoms with E-state index in [1.165, 1.54) is 31.4 Å². The SMILES string of the molecule is N=C(N)N1CCC[C@H]1c1nc(-c2ccc(OCCC3CCCCC3)c(C(F)(F)F)c2)no1. The average Bonchev–Trinajstić information content (AvgIpc) is 3.43. The van der Waals surface area contributed by atoms with E-state index in [1.807, 2.05) is 0 Å². The molecule has 0 radical (unpaired) electrons. The van der Waals surface area contributed by atoms with Gasteiger partial charge in [-0.25, -0.2) is 0 Å². The fourth-order valence-corrected chi connectivity index (χ4v) is 4.63. The van der Waals surface area contributed by atoms with E-state index in [0.29, 0.717) is 18.9 Å². The van der Waals surface area contributed by atoms with Gasteiger partial charge in [0.05, 0.1) is 12.2 Å². The number of nitrogens with two attached hydrogens (primary N) is 1. The van der Waals surface area contributed by atoms with Crippen LogP contribution in [0.25, 0.3) is 11.4 Å². The number of alkyl halides is 3. The van der Waals surface area contributed by atoms with Crippen LogP contribution in [0.1, 0.15) is 68.9 Å². The summed E-state index contributed by atoms with van der Waals surface area (Å²) in [5.41, 5.74) is 4.94. The number of likely N-dealkylation sites (tertiary alicyclic amines) is 1. The van der Waals surface area contributed by atoms with E-state index in [0.717, 1.165) is 31.7 Å². The predicted octanol–water partition coefficient (Wildman–Crippen LogP) is 5.13. The molecule has 1 aliphatic carbocycles. The van der Waals surface area contributed by atoms with Crippen molar-refractivity contribution in [3.63, 3.8) is 0 Å². The standard InChI is InChI=1S/C22H28F3N5O2/c23-22(24,25)16-13-15(8-9-18(16)31-12-10-14-5-2-1-3-6-14)19-28-20(32-29-19)17-7-4-11-30(17)21(26)27/h8-9,13-14,17H,1-7,10-12H2,(H3,26,27)/t17-/m0/s1. The van der Waals surface area contributed by atoms with Crippen LogP contribution in [0.15, 0.2) is 22.7 Å². The first kappa shape index (κ1) is 22.4. The third-order valence-electron chi connectivity index (χ3n) is 6.34. The van der Waals surface area contributed by atoms with Gasteiger partial charge in [0, 0.05) is 12.1 Å². The maximum atomic E-state index is 13.7. The van der Waals surface area contributed by atoms with Crippen molar-refractivity contribution < 1.29 is 22.4 Å². The number of aromatic nitrogens is 2. The van der Waals surface area contributed by atoms with Crippen LogP contribution in [0.5, 0.6) is 5.75 Å². The molecule has 0 bridgehead atoms. The molecular weight excluding hydrogens is 423 g/mol. The van der Waals surface area contributed by atoms with Crippen LogP contribution < -0.4 is 10.5 Å². The molecule has 0 spiro atoms. The highest BCUT2D eigenvalue weighted by molar-refractivity contribution is 5.75. The summed E-state index contributed by atoms with van der Waals surface area (Å²) in [5.74, 6) is 0.560. The summed E-state index contributed by atoms with van der Waals surface area (Å²) in [6.45, 7) is 0.866. The minimum atomic E-state index is -4.57. The van der Waals surface area contributed by atoms with E-state index < -0.39 is 11.7 Å². The van der Waals surface area contributed by atoms with Gasteiger partial charge < -0.3 is 19.9 Å². The van der Waals surface area contributed by atoms with Crippen molar-refractivity contribution >= 4 is 5.96 Å². The van der Waals surface area contributed by atoms with Gasteiger partial charge in [-0.15, -0.1) is 0 Å². The molecule has 1 aromatic carbocycles. The van der Waals surface area contributed by atoms with Gasteiger partial charge in [0.25, 0.3) is 0 Å². The van der Waals surface area contributed by atoms with E-state index in [9.17, 15) is 13.2 Å². The molecule has 2 heterocycles. The number of rotatable bonds is 6. The molecule has 1 aliphatic heterocycles. The molecule has 1 saturated heterocycles. The number of nitrogens with zero attached hydrogens (tertiary/aromatic N) is 3. The van der Waals surface area contributed by atoms with Crippen molar-refractivity contribution in [1.82, 2.24) is 15.0 Å². The number of ether oxygens (including phenoxy) is 1. The van der Waals surface area contributed by atoms with Crippen LogP contribution in [-0.2, 0) is 6.18 Å². The monoisotopic (exact) mass is 451 g/mol. The van der Waals surface area contributed by atoms with Crippen molar-refractivity contribution in [2.24, 2.45) is 11.7 Å². The van der Waals surface area contributed by atoms with Crippen LogP contribution in [-0.4, -0.2) is 34.2 Å². The highest BCUT2D eigenvalue weighted by Gasteiger charge is 2.36. The Hall–Kier alpha value is -2.78. The summed E-state index contributed by atoms with van der Waals surface area (Å²) >= 11 is 0. The van der Waals surface area contributed by atoms with Gasteiger partial charge in [0.1, 0.15) is 11.8 Å². The third-order valence-corrected chi connectivity index (χ3v) is 6.34. The third kappa shape index (κ3) is 4.99. The summed E-state index contributed by atoms with van der Waals surface area (Å²) in [6, 6.07) is 3.50. The molecule has 2 fully saturated rings. The lowest BCUT2D eigenvalue weighted by atomic mass is 9.87. The van der Waals surface area contributed by atoms with Gasteiger partial charge in [-0.05, 0) is 43.4 Å². The van der Waals surface area contributed by atoms with Gasteiger partial charge in [0.15, 0.2) is 5.96 Å². The molecule has 174 valence electrons. The lowest BCUT2D eigenvalue weighted by Gasteiger charge is -2.22. The van der Waals surface area contributed by atoms with Crippen LogP contribution in [0.2, 0.25) is 0 Å². The number of hydrogen-bond acceptors (Lipinski definition) is 5. The van der Waals surface area contributed by atoms with Gasteiger partial charge in [-0.1, -0.05) is 37.3 Å². The molecule has 1 aromatic heterocycles. The lowest BCUT2D eigenvalue weighted by molar-refractivity contribution is -0.138. The minimum Gasteiger partial charge on any atom is -0.493 e. The zero-order valence-electron chi connectivity index (χ0n) is 17.8. The summed E-state index contributed by atoms with van der Waals surface area (Å²) in [6.07, 6.45) is 3.54. The van der Waals surface area contributed by atoms with Crippen LogP contribution in [0, 0.1) is 11.3 Å². The highest BCUT2D eigenvalue weighted by atomic mass is 19.4. The lowest BCUT2D eigenvalue weighted by Crippen LogP contribution is -2.35. The number of guanidine groups is 1. The first-order valence-corrected chi connectivity index (χ1v) is 11.1. The zero-order chi connectivity index (χ0) is 22.7. The number of nitrogens with one attached hydrogen (secondary N) is 1. The van der Waals surface area contributed by atoms with Crippen molar-refractivity contribution in [1.29, 1.82) is 5.41 Å². The normalized spacial score (nSPS) is 20.0. The average molecular weight is 451 g/mol. The summed E-state index contributed by atoms with van der Waals surface area (Å²) < 4.78 is 52.0. The molecular formula is C22H28F3N5O2. The molecule has 10 heteroatoms. The molecule has 1 atom stereocenters. The van der Waals surface area contributed by atoms with Gasteiger partial charge in [0.2, 0.25) is 11.7 Å². The first-order valence-electron chi connectivity index (χ1n) is 11.1. The highest BCUT2D eigenvalue weighted by Crippen LogP contribution is 2.39. The largest absolute Gasteiger partial charge is 0.493 e. The van der Waals surface area contributed by atoms with E-state index >= 15 is 0 Å². The summed E-state index contributed by atoms with van der Waals surface area (Å²) in [7, 11) is 0. The second-order valence-electron chi connectivity index (χ2n) is 8.54. The minimum absolute atomic E-state index is 0.0645. The molecule has 2 aliphatic rings. The molecule has 0 amide bonds. The first-order chi connectivity index (χ1) is 15.3. The zero-order valence-corrected chi connectivity index (χ0v) is 17.8. The van der Waals surface area contributed by atoms with E-state index in [4.69, 9.17) is 20.4 Å². The topological polar surface area (TPSA) is 101 Å². The molecule has 32 heavy (non-hydrogen) atoms. The van der Waals surface area contributed by atoms with Crippen molar-refractivity contribution in [2.45, 2.75) is 63.6 Å². The van der Waals surface area contributed by atoms with Crippen LogP contribution in [0.4, 0.5) is 13.2 Å². The van der Waals surface area contributed by atoms with E-state index in [-0.39, 0.29) is 41.6 Å². The fourth-order valence-electron chi connectivity index (χ4n) is 4.63. The summed E-state index contributed by atoms with van der Waals surface area (Å²) in [5, 5.41) is 11.5. The quantitative estimate of drug-likeness (QED) is 0.466. The Morgan fingerprint density at radius 2 is 1.97 bits per heavy atom. The maximum Gasteiger partial charge on any atom is 0.419 e. The Labute approximate surface area is 184 Å². The molecule has 2 aromatic rings. The Morgan fingerprint density at radius 1 is 1.19 bits per heavy atom. The van der Waals surface area contributed by atoms with E-state index in [2.05, 4.69) is 10.1 Å². The van der Waals surface area contributed by atoms with E-state index in [1.54, 1.807) is 4.90 Å². The number of benzene rings is 1. The second kappa shape index (κ2) is 9.38. The number of halogens is 3. The Morgan fingerprint density at radius 3 is 2.69 bits per heavy atom. The predicted molar refractivity (Wildman–Crippen MR) is 112 cm³/mol. The van der Waals surface area contributed by atoms with Gasteiger partial charge in [-0.3, -0.25) is 5.41 Å². The Bertz CT molecular complexity index is 940. The van der Waals surface area contributed by atoms with Gasteiger partial charge in [-0.2, -0.15) is 18.2 Å². The molecule has 3 N–H and O–H groups in total. The fraction of sp³-hybridized carbons (Fsp3) is 0.591. The van der Waals surface area contributed by atoms with Crippen molar-refractivity contribution in [3.05, 3.63) is 29.7 Å². The van der Waals surface area contributed by atoms with Crippen molar-refractivity contribution in [3.8, 4) is 17.1 Å². The molecule has 0 unspecified atom stereocenters. The molecule has 1 saturated carbocycles. The van der Waals surface area contributed by atoms with Crippen LogP contribution in [0.3, 0.4) is 0 Å². The molecule has 4 rings (SSSR count).